The van der Waals surface area contributed by atoms with Gasteiger partial charge in [0.1, 0.15) is 11.9 Å². The predicted octanol–water partition coefficient (Wildman–Crippen LogP) is 9.26. The molecule has 5 aliphatic rings. The third-order valence-electron chi connectivity index (χ3n) is 12.5. The standard InChI is InChI=1S/C33H50O/c1-21(2)9-8-10-22(3)27-15-16-28-25-14-13-23-19-26-24-11-6-7-12-30(24)34-31(26)20-33(23,5)29(25)17-18-32(27,28)4/h6-7,11-12,21-23,25-29,31H,8-10,13-20H2,1-5H3/t22-,23+,25+,26-,27-,28+,29+,31-,32-,33+/m1/s1. The summed E-state index contributed by atoms with van der Waals surface area (Å²) in [7, 11) is 0. The lowest BCUT2D eigenvalue weighted by atomic mass is 9.43. The average Bonchev–Trinajstić information content (AvgIpc) is 3.33. The largest absolute Gasteiger partial charge is 0.489 e. The number of para-hydroxylation sites is 1. The lowest BCUT2D eigenvalue weighted by molar-refractivity contribution is -0.131. The van der Waals surface area contributed by atoms with Gasteiger partial charge in [-0.25, -0.2) is 0 Å². The van der Waals surface area contributed by atoms with Crippen LogP contribution in [-0.4, -0.2) is 6.10 Å². The Balaban J connectivity index is 1.18. The molecular weight excluding hydrogens is 412 g/mol. The van der Waals surface area contributed by atoms with E-state index >= 15 is 0 Å². The summed E-state index contributed by atoms with van der Waals surface area (Å²) in [6, 6.07) is 8.94. The second-order valence-electron chi connectivity index (χ2n) is 14.4. The molecule has 0 saturated heterocycles. The maximum Gasteiger partial charge on any atom is 0.123 e. The Morgan fingerprint density at radius 1 is 0.912 bits per heavy atom. The molecule has 4 aliphatic carbocycles. The van der Waals surface area contributed by atoms with E-state index in [9.17, 15) is 0 Å². The minimum atomic E-state index is 0.433. The van der Waals surface area contributed by atoms with E-state index in [1.54, 1.807) is 0 Å². The lowest BCUT2D eigenvalue weighted by Crippen LogP contribution is -2.55. The maximum atomic E-state index is 6.61. The van der Waals surface area contributed by atoms with Crippen molar-refractivity contribution in [2.75, 3.05) is 0 Å². The minimum Gasteiger partial charge on any atom is -0.489 e. The normalized spacial score (nSPS) is 45.5. The average molecular weight is 463 g/mol. The van der Waals surface area contributed by atoms with Crippen molar-refractivity contribution in [3.8, 4) is 5.75 Å². The molecule has 188 valence electrons. The van der Waals surface area contributed by atoms with Gasteiger partial charge >= 0.3 is 0 Å². The Morgan fingerprint density at radius 2 is 1.71 bits per heavy atom. The number of hydrogen-bond acceptors (Lipinski definition) is 1. The second kappa shape index (κ2) is 8.55. The van der Waals surface area contributed by atoms with Gasteiger partial charge in [-0.15, -0.1) is 0 Å². The highest BCUT2D eigenvalue weighted by Gasteiger charge is 2.62. The summed E-state index contributed by atoms with van der Waals surface area (Å²) in [5, 5.41) is 0. The number of rotatable bonds is 5. The van der Waals surface area contributed by atoms with Gasteiger partial charge in [0.05, 0.1) is 0 Å². The van der Waals surface area contributed by atoms with Crippen LogP contribution in [0, 0.1) is 52.3 Å². The molecule has 1 nitrogen and oxygen atoms in total. The van der Waals surface area contributed by atoms with Crippen LogP contribution in [0.5, 0.6) is 5.75 Å². The number of fused-ring (bicyclic) bond motifs is 8. The molecule has 1 heteroatoms. The Hall–Kier alpha value is -0.980. The molecular formula is C33H50O. The zero-order valence-electron chi connectivity index (χ0n) is 22.7. The van der Waals surface area contributed by atoms with Crippen molar-refractivity contribution in [1.82, 2.24) is 0 Å². The third-order valence-corrected chi connectivity index (χ3v) is 12.5. The van der Waals surface area contributed by atoms with E-state index in [0.29, 0.717) is 22.9 Å². The van der Waals surface area contributed by atoms with E-state index in [1.165, 1.54) is 81.9 Å². The van der Waals surface area contributed by atoms with Crippen LogP contribution in [0.3, 0.4) is 0 Å². The molecule has 1 aromatic rings. The van der Waals surface area contributed by atoms with Crippen molar-refractivity contribution < 1.29 is 4.74 Å². The van der Waals surface area contributed by atoms with Crippen molar-refractivity contribution in [3.05, 3.63) is 29.8 Å². The summed E-state index contributed by atoms with van der Waals surface area (Å²) in [6.07, 6.45) is 16.4. The monoisotopic (exact) mass is 462 g/mol. The van der Waals surface area contributed by atoms with Crippen LogP contribution in [0.2, 0.25) is 0 Å². The fourth-order valence-electron chi connectivity index (χ4n) is 10.8. The number of benzene rings is 1. The molecule has 1 heterocycles. The van der Waals surface area contributed by atoms with Crippen LogP contribution in [0.25, 0.3) is 0 Å². The van der Waals surface area contributed by atoms with Gasteiger partial charge in [-0.2, -0.15) is 0 Å². The summed E-state index contributed by atoms with van der Waals surface area (Å²) in [5.74, 6) is 8.40. The van der Waals surface area contributed by atoms with Gasteiger partial charge < -0.3 is 4.74 Å². The zero-order chi connectivity index (χ0) is 23.7. The summed E-state index contributed by atoms with van der Waals surface area (Å²) < 4.78 is 6.61. The first-order valence-corrected chi connectivity index (χ1v) is 15.1. The topological polar surface area (TPSA) is 9.23 Å². The highest BCUT2D eigenvalue weighted by Crippen LogP contribution is 2.69. The first-order chi connectivity index (χ1) is 16.3. The highest BCUT2D eigenvalue weighted by atomic mass is 16.5. The highest BCUT2D eigenvalue weighted by molar-refractivity contribution is 5.42. The van der Waals surface area contributed by atoms with Gasteiger partial charge in [0.25, 0.3) is 0 Å². The Labute approximate surface area is 209 Å². The molecule has 0 aromatic heterocycles. The summed E-state index contributed by atoms with van der Waals surface area (Å²) in [6.45, 7) is 12.8. The molecule has 0 unspecified atom stereocenters. The van der Waals surface area contributed by atoms with E-state index in [2.05, 4.69) is 58.9 Å². The maximum absolute atomic E-state index is 6.61. The van der Waals surface area contributed by atoms with Crippen molar-refractivity contribution >= 4 is 0 Å². The summed E-state index contributed by atoms with van der Waals surface area (Å²) >= 11 is 0. The predicted molar refractivity (Wildman–Crippen MR) is 142 cm³/mol. The first kappa shape index (κ1) is 23.4. The minimum absolute atomic E-state index is 0.433. The Morgan fingerprint density at radius 3 is 2.53 bits per heavy atom. The fraction of sp³-hybridized carbons (Fsp3) is 0.818. The third kappa shape index (κ3) is 3.53. The van der Waals surface area contributed by atoms with Gasteiger partial charge in [0.15, 0.2) is 0 Å². The van der Waals surface area contributed by atoms with Crippen LogP contribution < -0.4 is 4.74 Å². The zero-order valence-corrected chi connectivity index (χ0v) is 22.7. The van der Waals surface area contributed by atoms with Crippen molar-refractivity contribution in [1.29, 1.82) is 0 Å². The van der Waals surface area contributed by atoms with Crippen LogP contribution in [-0.2, 0) is 0 Å². The van der Waals surface area contributed by atoms with E-state index in [4.69, 9.17) is 4.74 Å². The van der Waals surface area contributed by atoms with Crippen LogP contribution in [0.15, 0.2) is 24.3 Å². The van der Waals surface area contributed by atoms with E-state index in [1.807, 2.05) is 0 Å². The molecule has 0 spiro atoms. The molecule has 6 rings (SSSR count). The smallest absolute Gasteiger partial charge is 0.123 e. The Kier molecular flexibility index (Phi) is 5.89. The first-order valence-electron chi connectivity index (χ1n) is 15.1. The number of hydrogen-bond donors (Lipinski definition) is 0. The Bertz CT molecular complexity index is 888. The molecule has 0 radical (unpaired) electrons. The molecule has 0 N–H and O–H groups in total. The summed E-state index contributed by atoms with van der Waals surface area (Å²) in [5.41, 5.74) is 2.62. The van der Waals surface area contributed by atoms with Crippen LogP contribution in [0.1, 0.15) is 117 Å². The SMILES string of the molecule is CC(C)CCC[C@@H](C)[C@H]1CC[C@H]2[C@@H]3CC[C@H]4C[C@@H]5c6ccccc6O[C@@H]5C[C@]4(C)[C@H]3CC[C@]12C. The molecule has 1 aliphatic heterocycles. The molecule has 0 amide bonds. The lowest BCUT2D eigenvalue weighted by Gasteiger charge is -2.61. The fourth-order valence-corrected chi connectivity index (χ4v) is 10.8. The van der Waals surface area contributed by atoms with Crippen molar-refractivity contribution in [3.63, 3.8) is 0 Å². The molecule has 1 aromatic carbocycles. The van der Waals surface area contributed by atoms with Crippen LogP contribution in [0.4, 0.5) is 0 Å². The van der Waals surface area contributed by atoms with Gasteiger partial charge in [-0.3, -0.25) is 0 Å². The van der Waals surface area contributed by atoms with Crippen molar-refractivity contribution in [2.24, 2.45) is 52.3 Å². The quantitative estimate of drug-likeness (QED) is 0.423. The van der Waals surface area contributed by atoms with Gasteiger partial charge in [0.2, 0.25) is 0 Å². The molecule has 34 heavy (non-hydrogen) atoms. The number of ether oxygens (including phenoxy) is 1. The molecule has 0 bridgehead atoms. The van der Waals surface area contributed by atoms with Gasteiger partial charge in [0, 0.05) is 11.5 Å². The van der Waals surface area contributed by atoms with Crippen LogP contribution >= 0.6 is 0 Å². The van der Waals surface area contributed by atoms with E-state index < -0.39 is 0 Å². The molecule has 4 saturated carbocycles. The molecule has 10 atom stereocenters. The van der Waals surface area contributed by atoms with E-state index in [-0.39, 0.29) is 0 Å². The van der Waals surface area contributed by atoms with Crippen molar-refractivity contribution in [2.45, 2.75) is 117 Å². The summed E-state index contributed by atoms with van der Waals surface area (Å²) in [4.78, 5) is 0. The van der Waals surface area contributed by atoms with E-state index in [0.717, 1.165) is 41.4 Å². The van der Waals surface area contributed by atoms with Gasteiger partial charge in [-0.1, -0.05) is 72.1 Å². The molecule has 4 fully saturated rings. The second-order valence-corrected chi connectivity index (χ2v) is 14.4. The van der Waals surface area contributed by atoms with Gasteiger partial charge in [-0.05, 0) is 110 Å².